The Morgan fingerprint density at radius 3 is 3.00 bits per heavy atom. The number of ether oxygens (including phenoxy) is 2. The van der Waals surface area contributed by atoms with Gasteiger partial charge < -0.3 is 9.47 Å². The van der Waals surface area contributed by atoms with Crippen LogP contribution in [0.3, 0.4) is 0 Å². The van der Waals surface area contributed by atoms with Crippen LogP contribution in [-0.2, 0) is 9.47 Å². The van der Waals surface area contributed by atoms with Gasteiger partial charge in [0.25, 0.3) is 0 Å². The maximum absolute atomic E-state index is 5.64. The van der Waals surface area contributed by atoms with Gasteiger partial charge in [0.1, 0.15) is 0 Å². The first-order valence-corrected chi connectivity index (χ1v) is 4.72. The van der Waals surface area contributed by atoms with E-state index in [1.54, 1.807) is 0 Å². The SMILES string of the molecule is C=CCC[C@@]1(C)OC[C@@H](CCl)O1. The molecule has 0 aromatic heterocycles. The summed E-state index contributed by atoms with van der Waals surface area (Å²) in [5.74, 6) is 0.0669. The first-order valence-electron chi connectivity index (χ1n) is 4.19. The minimum atomic E-state index is -0.437. The van der Waals surface area contributed by atoms with E-state index in [9.17, 15) is 0 Å². The summed E-state index contributed by atoms with van der Waals surface area (Å²) in [5.41, 5.74) is 0. The maximum atomic E-state index is 5.64. The fourth-order valence-electron chi connectivity index (χ4n) is 1.26. The monoisotopic (exact) mass is 190 g/mol. The van der Waals surface area contributed by atoms with Crippen LogP contribution in [0.1, 0.15) is 19.8 Å². The van der Waals surface area contributed by atoms with Crippen molar-refractivity contribution < 1.29 is 9.47 Å². The molecule has 0 saturated carbocycles. The first kappa shape index (κ1) is 10.0. The highest BCUT2D eigenvalue weighted by atomic mass is 35.5. The van der Waals surface area contributed by atoms with Crippen molar-refractivity contribution >= 4 is 11.6 Å². The summed E-state index contributed by atoms with van der Waals surface area (Å²) in [6.45, 7) is 6.21. The lowest BCUT2D eigenvalue weighted by Gasteiger charge is -2.22. The molecule has 1 aliphatic heterocycles. The summed E-state index contributed by atoms with van der Waals surface area (Å²) in [6, 6.07) is 0. The molecular formula is C9H15ClO2. The number of allylic oxidation sites excluding steroid dienone is 1. The van der Waals surface area contributed by atoms with Gasteiger partial charge in [-0.05, 0) is 13.3 Å². The van der Waals surface area contributed by atoms with E-state index < -0.39 is 5.79 Å². The average Bonchev–Trinajstić information content (AvgIpc) is 2.45. The standard InChI is InChI=1S/C9H15ClO2/c1-3-4-5-9(2)11-7-8(6-10)12-9/h3,8H,1,4-7H2,2H3/t8-,9+/m1/s1. The number of alkyl halides is 1. The normalized spacial score (nSPS) is 35.3. The summed E-state index contributed by atoms with van der Waals surface area (Å²) < 4.78 is 11.1. The lowest BCUT2D eigenvalue weighted by atomic mass is 10.2. The van der Waals surface area contributed by atoms with E-state index >= 15 is 0 Å². The van der Waals surface area contributed by atoms with Crippen LogP contribution in [-0.4, -0.2) is 24.4 Å². The third kappa shape index (κ3) is 2.47. The first-order chi connectivity index (χ1) is 5.70. The predicted molar refractivity (Wildman–Crippen MR) is 49.4 cm³/mol. The van der Waals surface area contributed by atoms with E-state index in [0.717, 1.165) is 12.8 Å². The second kappa shape index (κ2) is 4.26. The molecule has 1 aliphatic rings. The smallest absolute Gasteiger partial charge is 0.166 e. The summed E-state index contributed by atoms with van der Waals surface area (Å²) in [7, 11) is 0. The number of rotatable bonds is 4. The molecule has 3 heteroatoms. The zero-order valence-corrected chi connectivity index (χ0v) is 8.14. The van der Waals surface area contributed by atoms with Crippen LogP contribution in [0.5, 0.6) is 0 Å². The van der Waals surface area contributed by atoms with E-state index in [1.165, 1.54) is 0 Å². The Morgan fingerprint density at radius 1 is 1.75 bits per heavy atom. The summed E-state index contributed by atoms with van der Waals surface area (Å²) in [6.07, 6.45) is 3.68. The van der Waals surface area contributed by atoms with Crippen LogP contribution >= 0.6 is 11.6 Å². The van der Waals surface area contributed by atoms with Crippen molar-refractivity contribution in [3.05, 3.63) is 12.7 Å². The molecule has 2 nitrogen and oxygen atoms in total. The Kier molecular flexibility index (Phi) is 3.56. The van der Waals surface area contributed by atoms with Crippen LogP contribution in [0.15, 0.2) is 12.7 Å². The van der Waals surface area contributed by atoms with Gasteiger partial charge in [-0.25, -0.2) is 0 Å². The Morgan fingerprint density at radius 2 is 2.50 bits per heavy atom. The molecule has 0 aromatic rings. The van der Waals surface area contributed by atoms with E-state index in [-0.39, 0.29) is 6.10 Å². The highest BCUT2D eigenvalue weighted by molar-refractivity contribution is 6.18. The molecule has 0 bridgehead atoms. The van der Waals surface area contributed by atoms with Gasteiger partial charge in [-0.1, -0.05) is 6.08 Å². The molecule has 0 radical (unpaired) electrons. The zero-order valence-electron chi connectivity index (χ0n) is 7.38. The van der Waals surface area contributed by atoms with Gasteiger partial charge in [-0.2, -0.15) is 0 Å². The van der Waals surface area contributed by atoms with Gasteiger partial charge in [-0.15, -0.1) is 18.2 Å². The molecule has 70 valence electrons. The molecule has 2 atom stereocenters. The Balaban J connectivity index is 2.35. The Hall–Kier alpha value is -0.0500. The van der Waals surface area contributed by atoms with Gasteiger partial charge in [0.2, 0.25) is 0 Å². The van der Waals surface area contributed by atoms with Gasteiger partial charge >= 0.3 is 0 Å². The molecule has 0 spiro atoms. The predicted octanol–water partition coefficient (Wildman–Crippen LogP) is 2.32. The zero-order chi connectivity index (χ0) is 9.03. The van der Waals surface area contributed by atoms with Gasteiger partial charge in [0.15, 0.2) is 5.79 Å². The molecule has 1 fully saturated rings. The van der Waals surface area contributed by atoms with Gasteiger partial charge in [-0.3, -0.25) is 0 Å². The molecular weight excluding hydrogens is 176 g/mol. The highest BCUT2D eigenvalue weighted by Crippen LogP contribution is 2.28. The molecule has 0 aromatic carbocycles. The summed E-state index contributed by atoms with van der Waals surface area (Å²) in [4.78, 5) is 0. The highest BCUT2D eigenvalue weighted by Gasteiger charge is 2.35. The Labute approximate surface area is 78.5 Å². The van der Waals surface area contributed by atoms with E-state index in [1.807, 2.05) is 13.0 Å². The second-order valence-corrected chi connectivity index (χ2v) is 3.47. The topological polar surface area (TPSA) is 18.5 Å². The van der Waals surface area contributed by atoms with Crippen molar-refractivity contribution in [2.45, 2.75) is 31.7 Å². The third-order valence-corrected chi connectivity index (χ3v) is 2.31. The van der Waals surface area contributed by atoms with Crippen LogP contribution in [0.2, 0.25) is 0 Å². The number of hydrogen-bond donors (Lipinski definition) is 0. The van der Waals surface area contributed by atoms with E-state index in [0.29, 0.717) is 12.5 Å². The summed E-state index contributed by atoms with van der Waals surface area (Å²) >= 11 is 5.64. The lowest BCUT2D eigenvalue weighted by molar-refractivity contribution is -0.155. The van der Waals surface area contributed by atoms with Gasteiger partial charge in [0, 0.05) is 6.42 Å². The molecule has 1 heterocycles. The van der Waals surface area contributed by atoms with Crippen LogP contribution in [0, 0.1) is 0 Å². The molecule has 12 heavy (non-hydrogen) atoms. The average molecular weight is 191 g/mol. The molecule has 0 aliphatic carbocycles. The van der Waals surface area contributed by atoms with Crippen LogP contribution in [0.4, 0.5) is 0 Å². The quantitative estimate of drug-likeness (QED) is 0.501. The van der Waals surface area contributed by atoms with Gasteiger partial charge in [0.05, 0.1) is 18.6 Å². The van der Waals surface area contributed by atoms with E-state index in [4.69, 9.17) is 21.1 Å². The molecule has 0 N–H and O–H groups in total. The van der Waals surface area contributed by atoms with E-state index in [2.05, 4.69) is 6.58 Å². The van der Waals surface area contributed by atoms with Crippen LogP contribution < -0.4 is 0 Å². The minimum Gasteiger partial charge on any atom is -0.347 e. The molecule has 0 amide bonds. The lowest BCUT2D eigenvalue weighted by Crippen LogP contribution is -2.26. The molecule has 1 saturated heterocycles. The van der Waals surface area contributed by atoms with Crippen molar-refractivity contribution in [2.75, 3.05) is 12.5 Å². The maximum Gasteiger partial charge on any atom is 0.166 e. The number of hydrogen-bond acceptors (Lipinski definition) is 2. The third-order valence-electron chi connectivity index (χ3n) is 1.97. The van der Waals surface area contributed by atoms with Crippen molar-refractivity contribution in [3.8, 4) is 0 Å². The second-order valence-electron chi connectivity index (χ2n) is 3.17. The van der Waals surface area contributed by atoms with Crippen LogP contribution in [0.25, 0.3) is 0 Å². The molecule has 1 rings (SSSR count). The minimum absolute atomic E-state index is 0.0569. The largest absolute Gasteiger partial charge is 0.347 e. The number of halogens is 1. The van der Waals surface area contributed by atoms with Crippen molar-refractivity contribution in [1.82, 2.24) is 0 Å². The fourth-order valence-corrected chi connectivity index (χ4v) is 1.41. The van der Waals surface area contributed by atoms with Crippen molar-refractivity contribution in [3.63, 3.8) is 0 Å². The molecule has 0 unspecified atom stereocenters. The fraction of sp³-hybridized carbons (Fsp3) is 0.778. The Bertz CT molecular complexity index is 161. The summed E-state index contributed by atoms with van der Waals surface area (Å²) in [5, 5.41) is 0. The van der Waals surface area contributed by atoms with Crippen molar-refractivity contribution in [1.29, 1.82) is 0 Å². The van der Waals surface area contributed by atoms with Crippen molar-refractivity contribution in [2.24, 2.45) is 0 Å².